The van der Waals surface area contributed by atoms with Crippen LogP contribution in [0.4, 0.5) is 0 Å². The van der Waals surface area contributed by atoms with Gasteiger partial charge >= 0.3 is 11.9 Å². The summed E-state index contributed by atoms with van der Waals surface area (Å²) in [4.78, 5) is 44.3. The molecule has 0 saturated heterocycles. The van der Waals surface area contributed by atoms with Crippen LogP contribution in [0.3, 0.4) is 0 Å². The van der Waals surface area contributed by atoms with Gasteiger partial charge in [0, 0.05) is 25.9 Å². The van der Waals surface area contributed by atoms with Crippen LogP contribution in [0.2, 0.25) is 0 Å². The van der Waals surface area contributed by atoms with E-state index in [1.807, 2.05) is 88.4 Å². The number of hydrogen-bond donors (Lipinski definition) is 2. The lowest BCUT2D eigenvalue weighted by molar-refractivity contribution is -0.152. The van der Waals surface area contributed by atoms with Gasteiger partial charge in [0.05, 0.1) is 25.0 Å². The van der Waals surface area contributed by atoms with Crippen LogP contribution in [0.15, 0.2) is 60.7 Å². The Morgan fingerprint density at radius 2 is 1.23 bits per heavy atom. The maximum absolute atomic E-state index is 11.7. The Balaban J connectivity index is 0.000000641. The van der Waals surface area contributed by atoms with Gasteiger partial charge in [-0.1, -0.05) is 60.7 Å². The fraction of sp³-hybridized carbons (Fsp3) is 0.500. The fourth-order valence-corrected chi connectivity index (χ4v) is 3.57. The van der Waals surface area contributed by atoms with E-state index in [0.29, 0.717) is 45.2 Å². The average molecular weight is 557 g/mol. The van der Waals surface area contributed by atoms with Crippen LogP contribution in [0, 0.1) is 10.8 Å². The maximum Gasteiger partial charge on any atom is 0.311 e. The fourth-order valence-electron chi connectivity index (χ4n) is 3.57. The number of rotatable bonds is 13. The average Bonchev–Trinajstić information content (AvgIpc) is 2.96. The second-order valence-corrected chi connectivity index (χ2v) is 10.6. The number of nitrogens with one attached hydrogen (secondary N) is 1. The third-order valence-corrected chi connectivity index (χ3v) is 6.22. The predicted octanol–water partition coefficient (Wildman–Crippen LogP) is 5.37. The molecule has 8 heteroatoms. The van der Waals surface area contributed by atoms with E-state index in [4.69, 9.17) is 10.5 Å². The molecule has 2 aromatic rings. The van der Waals surface area contributed by atoms with E-state index in [1.54, 1.807) is 0 Å². The monoisotopic (exact) mass is 556 g/mol. The summed E-state index contributed by atoms with van der Waals surface area (Å²) in [7, 11) is 2.76. The maximum atomic E-state index is 11.7. The SMILES string of the molecule is COC(=O)C(C)(C)CCCC(=O)NCc1ccccc1.COC(=O)C(C)(C)CCCC=O.NCc1ccccc1. The molecular weight excluding hydrogens is 508 g/mol. The Hall–Kier alpha value is -3.52. The smallest absolute Gasteiger partial charge is 0.311 e. The van der Waals surface area contributed by atoms with Crippen LogP contribution >= 0.6 is 0 Å². The topological polar surface area (TPSA) is 125 Å². The summed E-state index contributed by atoms with van der Waals surface area (Å²) in [5, 5.41) is 2.87. The molecule has 0 bridgehead atoms. The minimum Gasteiger partial charge on any atom is -0.469 e. The molecule has 0 aliphatic rings. The second-order valence-electron chi connectivity index (χ2n) is 10.6. The zero-order chi connectivity index (χ0) is 30.4. The van der Waals surface area contributed by atoms with Crippen molar-refractivity contribution in [1.29, 1.82) is 0 Å². The molecule has 0 fully saturated rings. The minimum atomic E-state index is -0.533. The van der Waals surface area contributed by atoms with Gasteiger partial charge in [-0.05, 0) is 64.5 Å². The molecule has 40 heavy (non-hydrogen) atoms. The van der Waals surface area contributed by atoms with E-state index in [0.717, 1.165) is 18.3 Å². The zero-order valence-electron chi connectivity index (χ0n) is 25.0. The van der Waals surface area contributed by atoms with E-state index in [2.05, 4.69) is 10.1 Å². The molecule has 1 amide bonds. The van der Waals surface area contributed by atoms with Gasteiger partial charge in [0.2, 0.25) is 5.91 Å². The highest BCUT2D eigenvalue weighted by Crippen LogP contribution is 2.25. The molecule has 0 saturated carbocycles. The van der Waals surface area contributed by atoms with Gasteiger partial charge in [-0.3, -0.25) is 14.4 Å². The highest BCUT2D eigenvalue weighted by atomic mass is 16.5. The number of amides is 1. The first-order chi connectivity index (χ1) is 18.9. The first-order valence-corrected chi connectivity index (χ1v) is 13.6. The van der Waals surface area contributed by atoms with Crippen molar-refractivity contribution in [3.05, 3.63) is 71.8 Å². The molecule has 0 aliphatic carbocycles. The van der Waals surface area contributed by atoms with Crippen LogP contribution < -0.4 is 11.1 Å². The van der Waals surface area contributed by atoms with Crippen molar-refractivity contribution >= 4 is 24.1 Å². The van der Waals surface area contributed by atoms with Crippen LogP contribution in [-0.2, 0) is 41.7 Å². The number of hydrogen-bond acceptors (Lipinski definition) is 7. The quantitative estimate of drug-likeness (QED) is 0.193. The van der Waals surface area contributed by atoms with Gasteiger partial charge < -0.3 is 25.3 Å². The van der Waals surface area contributed by atoms with Crippen molar-refractivity contribution in [2.45, 2.75) is 79.3 Å². The summed E-state index contributed by atoms with van der Waals surface area (Å²) >= 11 is 0. The van der Waals surface area contributed by atoms with Crippen molar-refractivity contribution < 1.29 is 28.7 Å². The van der Waals surface area contributed by atoms with Crippen molar-refractivity contribution in [1.82, 2.24) is 5.32 Å². The molecule has 2 rings (SSSR count). The van der Waals surface area contributed by atoms with Crippen LogP contribution in [0.1, 0.15) is 77.3 Å². The molecule has 0 unspecified atom stereocenters. The van der Waals surface area contributed by atoms with Gasteiger partial charge in [-0.25, -0.2) is 0 Å². The van der Waals surface area contributed by atoms with Gasteiger partial charge in [0.15, 0.2) is 0 Å². The highest BCUT2D eigenvalue weighted by Gasteiger charge is 2.28. The van der Waals surface area contributed by atoms with Crippen molar-refractivity contribution in [2.24, 2.45) is 16.6 Å². The molecular formula is C32H48N2O6. The zero-order valence-corrected chi connectivity index (χ0v) is 25.0. The normalized spacial score (nSPS) is 10.6. The number of nitrogens with two attached hydrogens (primary N) is 1. The predicted molar refractivity (Wildman–Crippen MR) is 158 cm³/mol. The Morgan fingerprint density at radius 1 is 0.775 bits per heavy atom. The van der Waals surface area contributed by atoms with E-state index in [9.17, 15) is 19.2 Å². The van der Waals surface area contributed by atoms with Gasteiger partial charge in [-0.2, -0.15) is 0 Å². The standard InChI is InChI=1S/C16H23NO3.C9H16O3.C7H9N/c1-16(2,15(19)20-3)11-7-10-14(18)17-12-13-8-5-4-6-9-13;1-9(2,8(11)12-3)6-4-5-7-10;8-6-7-4-2-1-3-5-7/h4-6,8-9H,7,10-12H2,1-3H3,(H,17,18);7H,4-6H2,1-3H3;1-5H,6,8H2. The van der Waals surface area contributed by atoms with E-state index >= 15 is 0 Å². The number of unbranched alkanes of at least 4 members (excludes halogenated alkanes) is 1. The van der Waals surface area contributed by atoms with Crippen molar-refractivity contribution in [2.75, 3.05) is 14.2 Å². The molecule has 0 aromatic heterocycles. The lowest BCUT2D eigenvalue weighted by Gasteiger charge is -2.20. The molecule has 0 spiro atoms. The largest absolute Gasteiger partial charge is 0.469 e. The molecule has 2 aromatic carbocycles. The molecule has 0 atom stereocenters. The molecule has 0 aliphatic heterocycles. The van der Waals surface area contributed by atoms with E-state index < -0.39 is 10.8 Å². The number of carbonyl (C=O) groups excluding carboxylic acids is 4. The Bertz CT molecular complexity index is 991. The molecule has 0 radical (unpaired) electrons. The highest BCUT2D eigenvalue weighted by molar-refractivity contribution is 5.77. The first kappa shape index (κ1) is 36.5. The number of benzene rings is 2. The Morgan fingerprint density at radius 3 is 1.62 bits per heavy atom. The minimum absolute atomic E-state index is 0.00881. The van der Waals surface area contributed by atoms with Crippen molar-refractivity contribution in [3.8, 4) is 0 Å². The molecule has 222 valence electrons. The summed E-state index contributed by atoms with van der Waals surface area (Å²) in [5.41, 5.74) is 6.62. The summed E-state index contributed by atoms with van der Waals surface area (Å²) in [6, 6.07) is 19.8. The van der Waals surface area contributed by atoms with Crippen LogP contribution in [-0.4, -0.2) is 38.4 Å². The van der Waals surface area contributed by atoms with Crippen molar-refractivity contribution in [3.63, 3.8) is 0 Å². The number of aldehydes is 1. The van der Waals surface area contributed by atoms with E-state index in [1.165, 1.54) is 19.8 Å². The third kappa shape index (κ3) is 16.4. The lowest BCUT2D eigenvalue weighted by atomic mass is 9.87. The third-order valence-electron chi connectivity index (χ3n) is 6.22. The summed E-state index contributed by atoms with van der Waals surface area (Å²) in [5.74, 6) is -0.440. The summed E-state index contributed by atoms with van der Waals surface area (Å²) < 4.78 is 9.36. The van der Waals surface area contributed by atoms with E-state index in [-0.39, 0.29) is 17.8 Å². The Kier molecular flexibility index (Phi) is 18.6. The van der Waals surface area contributed by atoms with Gasteiger partial charge in [0.25, 0.3) is 0 Å². The first-order valence-electron chi connectivity index (χ1n) is 13.6. The molecule has 0 heterocycles. The van der Waals surface area contributed by atoms with Crippen LogP contribution in [0.25, 0.3) is 0 Å². The number of methoxy groups -OCH3 is 2. The number of ether oxygens (including phenoxy) is 2. The second kappa shape index (κ2) is 20.4. The number of carbonyl (C=O) groups is 4. The van der Waals surface area contributed by atoms with Gasteiger partial charge in [0.1, 0.15) is 6.29 Å². The molecule has 8 nitrogen and oxygen atoms in total. The lowest BCUT2D eigenvalue weighted by Crippen LogP contribution is -2.27. The molecule has 3 N–H and O–H groups in total. The summed E-state index contributed by atoms with van der Waals surface area (Å²) in [6.07, 6.45) is 4.55. The Labute approximate surface area is 240 Å². The van der Waals surface area contributed by atoms with Gasteiger partial charge in [-0.15, -0.1) is 0 Å². The summed E-state index contributed by atoms with van der Waals surface area (Å²) in [6.45, 7) is 8.50. The van der Waals surface area contributed by atoms with Crippen LogP contribution in [0.5, 0.6) is 0 Å². The number of esters is 2.